The highest BCUT2D eigenvalue weighted by Gasteiger charge is 2.02. The summed E-state index contributed by atoms with van der Waals surface area (Å²) in [5.41, 5.74) is 4.97. The van der Waals surface area contributed by atoms with E-state index in [1.807, 2.05) is 30.8 Å². The average molecular weight is 205 g/mol. The summed E-state index contributed by atoms with van der Waals surface area (Å²) in [7, 11) is 1.84. The minimum absolute atomic E-state index is 0.777. The number of rotatable bonds is 1. The maximum Gasteiger partial charge on any atom is 0.159 e. The van der Waals surface area contributed by atoms with E-state index < -0.39 is 0 Å². The van der Waals surface area contributed by atoms with Crippen molar-refractivity contribution in [3.8, 4) is 0 Å². The first-order valence-electron chi connectivity index (χ1n) is 4.39. The summed E-state index contributed by atoms with van der Waals surface area (Å²) < 4.78 is 2.60. The third kappa shape index (κ3) is 1.28. The van der Waals surface area contributed by atoms with E-state index in [-0.39, 0.29) is 0 Å². The van der Waals surface area contributed by atoms with Crippen molar-refractivity contribution in [2.45, 2.75) is 6.92 Å². The summed E-state index contributed by atoms with van der Waals surface area (Å²) in [6.07, 6.45) is 1.76. The molecule has 2 rings (SSSR count). The molecule has 0 bridgehead atoms. The molecule has 0 aliphatic rings. The number of hydrogen-bond donors (Lipinski definition) is 1. The second kappa shape index (κ2) is 3.38. The van der Waals surface area contributed by atoms with Crippen molar-refractivity contribution in [3.05, 3.63) is 34.6 Å². The predicted octanol–water partition coefficient (Wildman–Crippen LogP) is 2.25. The molecular weight excluding hydrogens is 194 g/mol. The Morgan fingerprint density at radius 1 is 1.50 bits per heavy atom. The van der Waals surface area contributed by atoms with Crippen molar-refractivity contribution in [2.75, 3.05) is 12.5 Å². The standard InChI is InChI=1S/C10H11N3S/c1-7-6-8-4-3-5-12-9(8)13(11-2)10(7)14/h3-6,11H,1-2H3. The zero-order valence-electron chi connectivity index (χ0n) is 8.11. The SMILES string of the molecule is CNn1c(=S)c(C)cc2cccnc21. The molecule has 72 valence electrons. The normalized spacial score (nSPS) is 10.4. The molecule has 2 aromatic heterocycles. The largest absolute Gasteiger partial charge is 0.326 e. The summed E-state index contributed by atoms with van der Waals surface area (Å²) in [6.45, 7) is 2.00. The molecule has 0 saturated heterocycles. The van der Waals surface area contributed by atoms with Gasteiger partial charge in [0.15, 0.2) is 5.65 Å². The summed E-state index contributed by atoms with van der Waals surface area (Å²) in [6, 6.07) is 6.00. The van der Waals surface area contributed by atoms with E-state index in [1.54, 1.807) is 6.20 Å². The molecule has 0 aromatic carbocycles. The van der Waals surface area contributed by atoms with E-state index in [2.05, 4.69) is 16.5 Å². The monoisotopic (exact) mass is 205 g/mol. The van der Waals surface area contributed by atoms with Crippen LogP contribution >= 0.6 is 12.2 Å². The molecule has 1 N–H and O–H groups in total. The van der Waals surface area contributed by atoms with Crippen LogP contribution in [-0.4, -0.2) is 16.7 Å². The molecule has 0 saturated carbocycles. The van der Waals surface area contributed by atoms with Crippen LogP contribution in [0.4, 0.5) is 0 Å². The number of hydrogen-bond acceptors (Lipinski definition) is 3. The molecule has 14 heavy (non-hydrogen) atoms. The minimum Gasteiger partial charge on any atom is -0.326 e. The van der Waals surface area contributed by atoms with E-state index in [0.717, 1.165) is 21.2 Å². The van der Waals surface area contributed by atoms with Crippen molar-refractivity contribution in [1.82, 2.24) is 9.66 Å². The number of pyridine rings is 2. The molecule has 3 nitrogen and oxygen atoms in total. The van der Waals surface area contributed by atoms with E-state index in [1.165, 1.54) is 0 Å². The Kier molecular flexibility index (Phi) is 2.21. The van der Waals surface area contributed by atoms with Crippen LogP contribution in [0.5, 0.6) is 0 Å². The molecule has 0 radical (unpaired) electrons. The number of nitrogens with one attached hydrogen (secondary N) is 1. The van der Waals surface area contributed by atoms with Gasteiger partial charge < -0.3 is 5.43 Å². The first kappa shape index (κ1) is 9.15. The van der Waals surface area contributed by atoms with Gasteiger partial charge in [-0.3, -0.25) is 0 Å². The van der Waals surface area contributed by atoms with Crippen LogP contribution < -0.4 is 5.43 Å². The third-order valence-electron chi connectivity index (χ3n) is 2.16. The van der Waals surface area contributed by atoms with Crippen LogP contribution in [0.25, 0.3) is 11.0 Å². The molecule has 0 amide bonds. The maximum absolute atomic E-state index is 5.28. The molecule has 0 aliphatic carbocycles. The van der Waals surface area contributed by atoms with Gasteiger partial charge in [0.05, 0.1) is 0 Å². The molecule has 0 atom stereocenters. The van der Waals surface area contributed by atoms with Crippen LogP contribution in [0.2, 0.25) is 0 Å². The Hall–Kier alpha value is -1.42. The molecule has 0 aliphatic heterocycles. The van der Waals surface area contributed by atoms with Gasteiger partial charge in [-0.1, -0.05) is 12.2 Å². The first-order chi connectivity index (χ1) is 6.74. The lowest BCUT2D eigenvalue weighted by atomic mass is 10.2. The zero-order chi connectivity index (χ0) is 10.1. The number of nitrogens with zero attached hydrogens (tertiary/aromatic N) is 2. The van der Waals surface area contributed by atoms with E-state index in [9.17, 15) is 0 Å². The van der Waals surface area contributed by atoms with Crippen LogP contribution in [0, 0.1) is 11.6 Å². The zero-order valence-corrected chi connectivity index (χ0v) is 8.93. The Bertz CT molecular complexity index is 530. The Balaban J connectivity index is 2.96. The van der Waals surface area contributed by atoms with Gasteiger partial charge in [-0.05, 0) is 30.7 Å². The fourth-order valence-corrected chi connectivity index (χ4v) is 1.72. The van der Waals surface area contributed by atoms with Crippen molar-refractivity contribution in [1.29, 1.82) is 0 Å². The average Bonchev–Trinajstić information content (AvgIpc) is 2.20. The number of aryl methyl sites for hydroxylation is 1. The van der Waals surface area contributed by atoms with Crippen LogP contribution in [-0.2, 0) is 0 Å². The Morgan fingerprint density at radius 3 is 3.00 bits per heavy atom. The second-order valence-electron chi connectivity index (χ2n) is 3.11. The summed E-state index contributed by atoms with van der Waals surface area (Å²) in [5, 5.41) is 1.09. The highest BCUT2D eigenvalue weighted by atomic mass is 32.1. The van der Waals surface area contributed by atoms with Crippen LogP contribution in [0.15, 0.2) is 24.4 Å². The first-order valence-corrected chi connectivity index (χ1v) is 4.80. The van der Waals surface area contributed by atoms with Gasteiger partial charge in [-0.2, -0.15) is 0 Å². The fraction of sp³-hybridized carbons (Fsp3) is 0.200. The lowest BCUT2D eigenvalue weighted by Crippen LogP contribution is -2.13. The molecule has 0 fully saturated rings. The van der Waals surface area contributed by atoms with Gasteiger partial charge in [0, 0.05) is 18.6 Å². The highest BCUT2D eigenvalue weighted by molar-refractivity contribution is 7.71. The lowest BCUT2D eigenvalue weighted by molar-refractivity contribution is 0.915. The van der Waals surface area contributed by atoms with Gasteiger partial charge in [0.2, 0.25) is 0 Å². The highest BCUT2D eigenvalue weighted by Crippen LogP contribution is 2.13. The Labute approximate surface area is 87.4 Å². The van der Waals surface area contributed by atoms with Crippen molar-refractivity contribution < 1.29 is 0 Å². The summed E-state index contributed by atoms with van der Waals surface area (Å²) in [4.78, 5) is 4.29. The van der Waals surface area contributed by atoms with Gasteiger partial charge in [0.25, 0.3) is 0 Å². The maximum atomic E-state index is 5.28. The van der Waals surface area contributed by atoms with Gasteiger partial charge >= 0.3 is 0 Å². The fourth-order valence-electron chi connectivity index (χ4n) is 1.48. The van der Waals surface area contributed by atoms with Crippen LogP contribution in [0.3, 0.4) is 0 Å². The van der Waals surface area contributed by atoms with Gasteiger partial charge in [-0.25, -0.2) is 9.66 Å². The topological polar surface area (TPSA) is 29.9 Å². The second-order valence-corrected chi connectivity index (χ2v) is 3.49. The quantitative estimate of drug-likeness (QED) is 0.724. The summed E-state index contributed by atoms with van der Waals surface area (Å²) >= 11 is 5.28. The molecule has 2 aromatic rings. The van der Waals surface area contributed by atoms with Crippen molar-refractivity contribution >= 4 is 23.3 Å². The molecule has 0 spiro atoms. The molecule has 4 heteroatoms. The number of fused-ring (bicyclic) bond motifs is 1. The van der Waals surface area contributed by atoms with E-state index in [4.69, 9.17) is 12.2 Å². The van der Waals surface area contributed by atoms with Crippen LogP contribution in [0.1, 0.15) is 5.56 Å². The van der Waals surface area contributed by atoms with Gasteiger partial charge in [-0.15, -0.1) is 0 Å². The molecule has 2 heterocycles. The van der Waals surface area contributed by atoms with Crippen molar-refractivity contribution in [2.24, 2.45) is 0 Å². The molecular formula is C10H11N3S. The summed E-state index contributed by atoms with van der Waals surface area (Å²) in [5.74, 6) is 0. The van der Waals surface area contributed by atoms with E-state index >= 15 is 0 Å². The third-order valence-corrected chi connectivity index (χ3v) is 2.67. The minimum atomic E-state index is 0.777. The Morgan fingerprint density at radius 2 is 2.29 bits per heavy atom. The predicted molar refractivity (Wildman–Crippen MR) is 60.6 cm³/mol. The van der Waals surface area contributed by atoms with Crippen molar-refractivity contribution in [3.63, 3.8) is 0 Å². The van der Waals surface area contributed by atoms with Gasteiger partial charge in [0.1, 0.15) is 4.64 Å². The molecule has 0 unspecified atom stereocenters. The lowest BCUT2D eigenvalue weighted by Gasteiger charge is -2.10. The smallest absolute Gasteiger partial charge is 0.159 e. The number of aromatic nitrogens is 2. The van der Waals surface area contributed by atoms with E-state index in [0.29, 0.717) is 0 Å².